The lowest BCUT2D eigenvalue weighted by Crippen LogP contribution is -2.27. The summed E-state index contributed by atoms with van der Waals surface area (Å²) in [6, 6.07) is 3.74. The molecular formula is C11H16O3S. The van der Waals surface area contributed by atoms with Crippen molar-refractivity contribution in [3.8, 4) is 0 Å². The molecular weight excluding hydrogens is 212 g/mol. The van der Waals surface area contributed by atoms with Gasteiger partial charge in [-0.1, -0.05) is 0 Å². The number of ketones is 1. The van der Waals surface area contributed by atoms with E-state index in [0.717, 1.165) is 4.88 Å². The second-order valence-corrected chi connectivity index (χ2v) is 4.31. The monoisotopic (exact) mass is 228 g/mol. The molecule has 0 aliphatic carbocycles. The number of ether oxygens (including phenoxy) is 2. The Balaban J connectivity index is 2.71. The first kappa shape index (κ1) is 12.4. The van der Waals surface area contributed by atoms with E-state index >= 15 is 0 Å². The minimum Gasteiger partial charge on any atom is -0.346 e. The van der Waals surface area contributed by atoms with E-state index in [9.17, 15) is 4.79 Å². The van der Waals surface area contributed by atoms with Crippen molar-refractivity contribution in [2.75, 3.05) is 13.2 Å². The third-order valence-electron chi connectivity index (χ3n) is 1.83. The van der Waals surface area contributed by atoms with Gasteiger partial charge in [-0.25, -0.2) is 0 Å². The summed E-state index contributed by atoms with van der Waals surface area (Å²) in [6.07, 6.45) is -0.752. The van der Waals surface area contributed by atoms with Gasteiger partial charge in [0.15, 0.2) is 0 Å². The Morgan fingerprint density at radius 1 is 1.33 bits per heavy atom. The van der Waals surface area contributed by atoms with Gasteiger partial charge in [0, 0.05) is 18.1 Å². The van der Waals surface area contributed by atoms with E-state index in [1.54, 1.807) is 0 Å². The Hall–Kier alpha value is -0.710. The number of carbonyl (C=O) groups is 1. The molecule has 1 heterocycles. The van der Waals surface area contributed by atoms with Crippen molar-refractivity contribution in [3.63, 3.8) is 0 Å². The van der Waals surface area contributed by atoms with Gasteiger partial charge in [0.25, 0.3) is 0 Å². The molecule has 0 bridgehead atoms. The Labute approximate surface area is 94.0 Å². The molecule has 0 aliphatic heterocycles. The van der Waals surface area contributed by atoms with Gasteiger partial charge in [0.05, 0.1) is 4.88 Å². The van der Waals surface area contributed by atoms with Crippen LogP contribution in [0.4, 0.5) is 0 Å². The molecule has 0 amide bonds. The van der Waals surface area contributed by atoms with Gasteiger partial charge < -0.3 is 9.47 Å². The van der Waals surface area contributed by atoms with Crippen molar-refractivity contribution in [2.24, 2.45) is 0 Å². The van der Waals surface area contributed by atoms with Crippen molar-refractivity contribution in [1.29, 1.82) is 0 Å². The van der Waals surface area contributed by atoms with Crippen LogP contribution in [0, 0.1) is 6.92 Å². The van der Waals surface area contributed by atoms with Crippen LogP contribution in [0.5, 0.6) is 0 Å². The quantitative estimate of drug-likeness (QED) is 0.554. The van der Waals surface area contributed by atoms with Crippen molar-refractivity contribution < 1.29 is 14.3 Å². The normalized spacial score (nSPS) is 10.9. The lowest BCUT2D eigenvalue weighted by molar-refractivity contribution is -0.107. The standard InChI is InChI=1S/C11H16O3S/c1-4-13-11(14-5-2)10(12)9-7-6-8(3)15-9/h6-7,11H,4-5H2,1-3H3. The average Bonchev–Trinajstić information content (AvgIpc) is 2.63. The lowest BCUT2D eigenvalue weighted by atomic mass is 10.3. The SMILES string of the molecule is CCOC(OCC)C(=O)c1ccc(C)s1. The zero-order chi connectivity index (χ0) is 11.3. The molecule has 0 atom stereocenters. The van der Waals surface area contributed by atoms with Crippen LogP contribution >= 0.6 is 11.3 Å². The Morgan fingerprint density at radius 2 is 1.93 bits per heavy atom. The van der Waals surface area contributed by atoms with Crippen molar-refractivity contribution in [1.82, 2.24) is 0 Å². The van der Waals surface area contributed by atoms with Gasteiger partial charge in [0.2, 0.25) is 12.1 Å². The van der Waals surface area contributed by atoms with Gasteiger partial charge in [-0.2, -0.15) is 0 Å². The van der Waals surface area contributed by atoms with Gasteiger partial charge in [-0.3, -0.25) is 4.79 Å². The maximum Gasteiger partial charge on any atom is 0.228 e. The number of Topliss-reactive ketones (excluding diaryl/α,β-unsaturated/α-hetero) is 1. The molecule has 0 saturated heterocycles. The van der Waals surface area contributed by atoms with E-state index in [0.29, 0.717) is 18.1 Å². The Morgan fingerprint density at radius 3 is 2.33 bits per heavy atom. The Kier molecular flexibility index (Phi) is 4.94. The fraction of sp³-hybridized carbons (Fsp3) is 0.545. The fourth-order valence-corrected chi connectivity index (χ4v) is 2.00. The smallest absolute Gasteiger partial charge is 0.228 e. The van der Waals surface area contributed by atoms with E-state index < -0.39 is 6.29 Å². The fourth-order valence-electron chi connectivity index (χ4n) is 1.19. The zero-order valence-electron chi connectivity index (χ0n) is 9.28. The highest BCUT2D eigenvalue weighted by atomic mass is 32.1. The molecule has 0 aromatic carbocycles. The van der Waals surface area contributed by atoms with E-state index in [1.165, 1.54) is 11.3 Å². The lowest BCUT2D eigenvalue weighted by Gasteiger charge is -2.14. The van der Waals surface area contributed by atoms with Crippen LogP contribution < -0.4 is 0 Å². The average molecular weight is 228 g/mol. The molecule has 1 rings (SSSR count). The molecule has 15 heavy (non-hydrogen) atoms. The number of rotatable bonds is 6. The highest BCUT2D eigenvalue weighted by molar-refractivity contribution is 7.14. The first-order valence-electron chi connectivity index (χ1n) is 5.02. The van der Waals surface area contributed by atoms with Gasteiger partial charge >= 0.3 is 0 Å². The summed E-state index contributed by atoms with van der Waals surface area (Å²) >= 11 is 1.47. The highest BCUT2D eigenvalue weighted by Crippen LogP contribution is 2.18. The summed E-state index contributed by atoms with van der Waals surface area (Å²) in [5.74, 6) is -0.0863. The first-order valence-corrected chi connectivity index (χ1v) is 5.84. The molecule has 0 spiro atoms. The molecule has 1 aromatic heterocycles. The summed E-state index contributed by atoms with van der Waals surface area (Å²) in [5.41, 5.74) is 0. The van der Waals surface area contributed by atoms with E-state index in [1.807, 2.05) is 32.9 Å². The third-order valence-corrected chi connectivity index (χ3v) is 2.85. The summed E-state index contributed by atoms with van der Waals surface area (Å²) in [6.45, 7) is 6.61. The van der Waals surface area contributed by atoms with Crippen LogP contribution in [0.15, 0.2) is 12.1 Å². The van der Waals surface area contributed by atoms with Gasteiger partial charge in [-0.15, -0.1) is 11.3 Å². The van der Waals surface area contributed by atoms with E-state index in [-0.39, 0.29) is 5.78 Å². The van der Waals surface area contributed by atoms with Crippen LogP contribution in [0.3, 0.4) is 0 Å². The highest BCUT2D eigenvalue weighted by Gasteiger charge is 2.21. The maximum atomic E-state index is 11.9. The number of hydrogen-bond acceptors (Lipinski definition) is 4. The number of aryl methyl sites for hydroxylation is 1. The minimum absolute atomic E-state index is 0.0863. The Bertz CT molecular complexity index is 313. The molecule has 0 radical (unpaired) electrons. The third kappa shape index (κ3) is 3.41. The predicted octanol–water partition coefficient (Wildman–Crippen LogP) is 2.64. The molecule has 3 nitrogen and oxygen atoms in total. The summed E-state index contributed by atoms with van der Waals surface area (Å²) in [7, 11) is 0. The van der Waals surface area contributed by atoms with E-state index in [4.69, 9.17) is 9.47 Å². The number of hydrogen-bond donors (Lipinski definition) is 0. The first-order chi connectivity index (χ1) is 7.19. The maximum absolute atomic E-state index is 11.9. The van der Waals surface area contributed by atoms with Crippen LogP contribution in [-0.4, -0.2) is 25.3 Å². The van der Waals surface area contributed by atoms with Crippen molar-refractivity contribution in [2.45, 2.75) is 27.1 Å². The molecule has 0 fully saturated rings. The summed E-state index contributed by atoms with van der Waals surface area (Å²) < 4.78 is 10.5. The minimum atomic E-state index is -0.752. The van der Waals surface area contributed by atoms with Crippen LogP contribution in [0.2, 0.25) is 0 Å². The summed E-state index contributed by atoms with van der Waals surface area (Å²) in [4.78, 5) is 13.7. The second kappa shape index (κ2) is 6.00. The summed E-state index contributed by atoms with van der Waals surface area (Å²) in [5, 5.41) is 0. The molecule has 1 aromatic rings. The van der Waals surface area contributed by atoms with E-state index in [2.05, 4.69) is 0 Å². The van der Waals surface area contributed by atoms with Crippen LogP contribution in [0.25, 0.3) is 0 Å². The molecule has 4 heteroatoms. The topological polar surface area (TPSA) is 35.5 Å². The largest absolute Gasteiger partial charge is 0.346 e. The second-order valence-electron chi connectivity index (χ2n) is 3.02. The molecule has 0 aliphatic rings. The van der Waals surface area contributed by atoms with Gasteiger partial charge in [0.1, 0.15) is 0 Å². The molecule has 0 N–H and O–H groups in total. The molecule has 84 valence electrons. The van der Waals surface area contributed by atoms with Crippen molar-refractivity contribution >= 4 is 17.1 Å². The number of thiophene rings is 1. The van der Waals surface area contributed by atoms with Crippen LogP contribution in [-0.2, 0) is 9.47 Å². The molecule has 0 unspecified atom stereocenters. The number of carbonyl (C=O) groups excluding carboxylic acids is 1. The van der Waals surface area contributed by atoms with Crippen LogP contribution in [0.1, 0.15) is 28.4 Å². The van der Waals surface area contributed by atoms with Gasteiger partial charge in [-0.05, 0) is 32.9 Å². The zero-order valence-corrected chi connectivity index (χ0v) is 10.1. The predicted molar refractivity (Wildman–Crippen MR) is 60.4 cm³/mol. The van der Waals surface area contributed by atoms with Crippen molar-refractivity contribution in [3.05, 3.63) is 21.9 Å². The molecule has 0 saturated carbocycles.